The predicted molar refractivity (Wildman–Crippen MR) is 152 cm³/mol. The second kappa shape index (κ2) is 9.61. The van der Waals surface area contributed by atoms with Crippen molar-refractivity contribution in [1.29, 1.82) is 0 Å². The van der Waals surface area contributed by atoms with Crippen LogP contribution in [0.5, 0.6) is 5.75 Å². The predicted octanol–water partition coefficient (Wildman–Crippen LogP) is 8.52. The maximum atomic E-state index is 12.6. The third-order valence-electron chi connectivity index (χ3n) is 7.69. The van der Waals surface area contributed by atoms with Crippen molar-refractivity contribution in [1.82, 2.24) is 0 Å². The van der Waals surface area contributed by atoms with Gasteiger partial charge in [-0.1, -0.05) is 71.9 Å². The monoisotopic (exact) mass is 481 g/mol. The molecule has 3 heteroatoms. The first kappa shape index (κ1) is 25.8. The Bertz CT molecular complexity index is 1290. The molecule has 0 aromatic heterocycles. The molecule has 0 saturated carbocycles. The van der Waals surface area contributed by atoms with E-state index in [2.05, 4.69) is 66.7 Å². The normalized spacial score (nSPS) is 16.5. The molecule has 3 nitrogen and oxygen atoms in total. The van der Waals surface area contributed by atoms with Gasteiger partial charge in [-0.25, -0.2) is 4.79 Å². The number of fused-ring (bicyclic) bond motifs is 1. The van der Waals surface area contributed by atoms with E-state index in [-0.39, 0.29) is 16.8 Å². The van der Waals surface area contributed by atoms with Crippen molar-refractivity contribution in [3.05, 3.63) is 94.0 Å². The zero-order valence-corrected chi connectivity index (χ0v) is 22.7. The number of carbonyl (C=O) groups is 1. The molecule has 0 bridgehead atoms. The number of allylic oxidation sites excluding steroid dienone is 1. The highest BCUT2D eigenvalue weighted by Gasteiger charge is 2.37. The maximum absolute atomic E-state index is 12.6. The Balaban J connectivity index is 1.64. The number of rotatable bonds is 5. The Labute approximate surface area is 216 Å². The van der Waals surface area contributed by atoms with Gasteiger partial charge in [0.15, 0.2) is 0 Å². The molecule has 0 fully saturated rings. The van der Waals surface area contributed by atoms with Crippen LogP contribution in [0.2, 0.25) is 0 Å². The van der Waals surface area contributed by atoms with E-state index < -0.39 is 0 Å². The molecule has 3 aromatic rings. The van der Waals surface area contributed by atoms with E-state index in [1.165, 1.54) is 40.7 Å². The van der Waals surface area contributed by atoms with Crippen molar-refractivity contribution in [2.75, 3.05) is 5.73 Å². The molecule has 0 atom stereocenters. The Morgan fingerprint density at radius 1 is 0.889 bits per heavy atom. The van der Waals surface area contributed by atoms with Crippen LogP contribution in [-0.4, -0.2) is 5.97 Å². The molecule has 4 rings (SSSR count). The van der Waals surface area contributed by atoms with Gasteiger partial charge in [-0.05, 0) is 106 Å². The molecule has 0 spiro atoms. The van der Waals surface area contributed by atoms with Crippen molar-refractivity contribution in [3.63, 3.8) is 0 Å². The summed E-state index contributed by atoms with van der Waals surface area (Å²) >= 11 is 0. The number of nitrogens with two attached hydrogens (primary N) is 1. The fourth-order valence-corrected chi connectivity index (χ4v) is 5.19. The number of benzene rings is 3. The Hall–Kier alpha value is -3.33. The number of hydrogen-bond acceptors (Lipinski definition) is 3. The molecule has 0 unspecified atom stereocenters. The summed E-state index contributed by atoms with van der Waals surface area (Å²) < 4.78 is 5.47. The number of carbonyl (C=O) groups excluding carboxylic acids is 1. The fraction of sp³-hybridized carbons (Fsp3) is 0.364. The fourth-order valence-electron chi connectivity index (χ4n) is 5.19. The van der Waals surface area contributed by atoms with E-state index in [9.17, 15) is 4.79 Å². The second-order valence-electron chi connectivity index (χ2n) is 11.8. The van der Waals surface area contributed by atoms with E-state index in [1.54, 1.807) is 24.3 Å². The third kappa shape index (κ3) is 5.26. The minimum absolute atomic E-state index is 0.169. The molecule has 3 aromatic carbocycles. The van der Waals surface area contributed by atoms with Crippen LogP contribution in [0.15, 0.2) is 60.7 Å². The van der Waals surface area contributed by atoms with E-state index >= 15 is 0 Å². The molecule has 0 heterocycles. The van der Waals surface area contributed by atoms with Gasteiger partial charge in [0.05, 0.1) is 5.56 Å². The standard InChI is InChI=1S/C33H39NO2/c1-21(2)27-19-29-30(33(6,7)17-16-32(29,4)5)20-28(27)22(3)18-23-8-10-24(11-9-23)31(35)36-26-14-12-25(34)13-15-26/h8-15,18-21H,16-17,34H2,1-7H3. The molecule has 188 valence electrons. The van der Waals surface area contributed by atoms with E-state index in [0.717, 1.165) is 5.56 Å². The molecule has 1 aliphatic carbocycles. The average Bonchev–Trinajstić information content (AvgIpc) is 2.83. The molecule has 1 aliphatic rings. The molecular formula is C33H39NO2. The number of nitrogen functional groups attached to an aromatic ring is 1. The summed E-state index contributed by atoms with van der Waals surface area (Å²) in [7, 11) is 0. The Morgan fingerprint density at radius 3 is 2.00 bits per heavy atom. The number of ether oxygens (including phenoxy) is 1. The number of hydrogen-bond donors (Lipinski definition) is 1. The largest absolute Gasteiger partial charge is 0.423 e. The zero-order chi connectivity index (χ0) is 26.3. The van der Waals surface area contributed by atoms with Crippen LogP contribution in [0.4, 0.5) is 5.69 Å². The lowest BCUT2D eigenvalue weighted by atomic mass is 9.62. The Kier molecular flexibility index (Phi) is 6.88. The van der Waals surface area contributed by atoms with Gasteiger partial charge in [0, 0.05) is 5.69 Å². The molecule has 2 N–H and O–H groups in total. The van der Waals surface area contributed by atoms with Crippen molar-refractivity contribution in [2.24, 2.45) is 0 Å². The van der Waals surface area contributed by atoms with Crippen LogP contribution in [-0.2, 0) is 10.8 Å². The van der Waals surface area contributed by atoms with Crippen LogP contribution in [0, 0.1) is 0 Å². The summed E-state index contributed by atoms with van der Waals surface area (Å²) in [6.45, 7) is 16.3. The average molecular weight is 482 g/mol. The lowest BCUT2D eigenvalue weighted by Crippen LogP contribution is -2.34. The van der Waals surface area contributed by atoms with Gasteiger partial charge < -0.3 is 10.5 Å². The summed E-state index contributed by atoms with van der Waals surface area (Å²) in [5.74, 6) is 0.530. The summed E-state index contributed by atoms with van der Waals surface area (Å²) in [5.41, 5.74) is 15.2. The van der Waals surface area contributed by atoms with Gasteiger partial charge in [0.1, 0.15) is 5.75 Å². The lowest BCUT2D eigenvalue weighted by Gasteiger charge is -2.43. The van der Waals surface area contributed by atoms with Gasteiger partial charge in [-0.3, -0.25) is 0 Å². The van der Waals surface area contributed by atoms with Gasteiger partial charge >= 0.3 is 5.97 Å². The third-order valence-corrected chi connectivity index (χ3v) is 7.69. The van der Waals surface area contributed by atoms with Gasteiger partial charge in [0.25, 0.3) is 0 Å². The van der Waals surface area contributed by atoms with Crippen LogP contribution in [0.3, 0.4) is 0 Å². The van der Waals surface area contributed by atoms with E-state index in [0.29, 0.717) is 22.9 Å². The minimum atomic E-state index is -0.381. The van der Waals surface area contributed by atoms with E-state index in [1.807, 2.05) is 24.3 Å². The van der Waals surface area contributed by atoms with Gasteiger partial charge in [0.2, 0.25) is 0 Å². The Morgan fingerprint density at radius 2 is 1.44 bits per heavy atom. The van der Waals surface area contributed by atoms with Crippen molar-refractivity contribution >= 4 is 23.3 Å². The van der Waals surface area contributed by atoms with Gasteiger partial charge in [-0.2, -0.15) is 0 Å². The SMILES string of the molecule is CC(=Cc1ccc(C(=O)Oc2ccc(N)cc2)cc1)c1cc2c(cc1C(C)C)C(C)(C)CCC2(C)C. The topological polar surface area (TPSA) is 52.3 Å². The van der Waals surface area contributed by atoms with Crippen LogP contribution >= 0.6 is 0 Å². The first-order chi connectivity index (χ1) is 16.9. The lowest BCUT2D eigenvalue weighted by molar-refractivity contribution is 0.0735. The van der Waals surface area contributed by atoms with Crippen molar-refractivity contribution < 1.29 is 9.53 Å². The molecule has 0 aliphatic heterocycles. The van der Waals surface area contributed by atoms with Crippen molar-refractivity contribution in [2.45, 2.75) is 78.1 Å². The highest BCUT2D eigenvalue weighted by Crippen LogP contribution is 2.48. The highest BCUT2D eigenvalue weighted by atomic mass is 16.5. The number of anilines is 1. The molecule has 0 radical (unpaired) electrons. The molecule has 0 saturated heterocycles. The van der Waals surface area contributed by atoms with Crippen LogP contribution in [0.1, 0.15) is 105 Å². The zero-order valence-electron chi connectivity index (χ0n) is 22.7. The van der Waals surface area contributed by atoms with Crippen LogP contribution < -0.4 is 10.5 Å². The molecule has 36 heavy (non-hydrogen) atoms. The summed E-state index contributed by atoms with van der Waals surface area (Å²) in [4.78, 5) is 12.6. The first-order valence-electron chi connectivity index (χ1n) is 12.9. The van der Waals surface area contributed by atoms with E-state index in [4.69, 9.17) is 10.5 Å². The minimum Gasteiger partial charge on any atom is -0.423 e. The summed E-state index contributed by atoms with van der Waals surface area (Å²) in [6.07, 6.45) is 4.62. The number of esters is 1. The first-order valence-corrected chi connectivity index (χ1v) is 12.9. The molecular weight excluding hydrogens is 442 g/mol. The second-order valence-corrected chi connectivity index (χ2v) is 11.8. The smallest absolute Gasteiger partial charge is 0.343 e. The van der Waals surface area contributed by atoms with Gasteiger partial charge in [-0.15, -0.1) is 0 Å². The maximum Gasteiger partial charge on any atom is 0.343 e. The quantitative estimate of drug-likeness (QED) is 0.172. The van der Waals surface area contributed by atoms with Crippen molar-refractivity contribution in [3.8, 4) is 5.75 Å². The highest BCUT2D eigenvalue weighted by molar-refractivity contribution is 5.91. The summed E-state index contributed by atoms with van der Waals surface area (Å²) in [5, 5.41) is 0. The van der Waals surface area contributed by atoms with Crippen LogP contribution in [0.25, 0.3) is 11.6 Å². The molecule has 0 amide bonds. The summed E-state index contributed by atoms with van der Waals surface area (Å²) in [6, 6.07) is 19.3.